The van der Waals surface area contributed by atoms with E-state index in [1.165, 1.54) is 0 Å². The Morgan fingerprint density at radius 1 is 1.42 bits per heavy atom. The molecule has 5 heteroatoms. The van der Waals surface area contributed by atoms with Gasteiger partial charge in [-0.1, -0.05) is 12.1 Å². The van der Waals surface area contributed by atoms with Crippen molar-refractivity contribution in [3.8, 4) is 0 Å². The summed E-state index contributed by atoms with van der Waals surface area (Å²) in [6.07, 6.45) is 1.93. The molecule has 0 aromatic heterocycles. The standard InChI is InChI=1S/C14H17N3O2/c18-9-7-15-13-12-6-3-8-17(12)14(19)10-4-1-2-5-11(10)16-13/h1-2,4-5,12,18H,3,6-9H2,(H,15,16). The van der Waals surface area contributed by atoms with Crippen LogP contribution in [-0.4, -0.2) is 47.5 Å². The van der Waals surface area contributed by atoms with E-state index in [0.717, 1.165) is 30.9 Å². The summed E-state index contributed by atoms with van der Waals surface area (Å²) >= 11 is 0. The first-order valence-corrected chi connectivity index (χ1v) is 6.63. The lowest BCUT2D eigenvalue weighted by molar-refractivity contribution is 0.0773. The Kier molecular flexibility index (Phi) is 3.21. The van der Waals surface area contributed by atoms with Crippen LogP contribution in [0.25, 0.3) is 0 Å². The van der Waals surface area contributed by atoms with Crippen LogP contribution in [0.5, 0.6) is 0 Å². The van der Waals surface area contributed by atoms with E-state index in [2.05, 4.69) is 10.3 Å². The third-order valence-corrected chi connectivity index (χ3v) is 3.63. The van der Waals surface area contributed by atoms with Gasteiger partial charge in [0.2, 0.25) is 0 Å². The number of amidine groups is 1. The Balaban J connectivity index is 2.04. The number of rotatable bonds is 2. The molecule has 1 unspecified atom stereocenters. The fraction of sp³-hybridized carbons (Fsp3) is 0.429. The van der Waals surface area contributed by atoms with E-state index < -0.39 is 0 Å². The second-order valence-corrected chi connectivity index (χ2v) is 4.82. The number of aliphatic imine (C=N–C) groups is 1. The molecule has 5 nitrogen and oxygen atoms in total. The van der Waals surface area contributed by atoms with Gasteiger partial charge in [-0.15, -0.1) is 0 Å². The normalized spacial score (nSPS) is 23.8. The van der Waals surface area contributed by atoms with E-state index >= 15 is 0 Å². The second kappa shape index (κ2) is 5.01. The smallest absolute Gasteiger partial charge is 0.256 e. The number of carbonyl (C=O) groups excluding carboxylic acids is 1. The summed E-state index contributed by atoms with van der Waals surface area (Å²) < 4.78 is 0. The first kappa shape index (κ1) is 12.2. The van der Waals surface area contributed by atoms with Crippen LogP contribution < -0.4 is 5.32 Å². The molecule has 2 aliphatic heterocycles. The van der Waals surface area contributed by atoms with E-state index in [0.29, 0.717) is 12.1 Å². The number of aliphatic hydroxyl groups is 1. The Hall–Kier alpha value is -1.88. The van der Waals surface area contributed by atoms with Gasteiger partial charge in [-0.2, -0.15) is 0 Å². The molecule has 0 bridgehead atoms. The third-order valence-electron chi connectivity index (χ3n) is 3.63. The molecular weight excluding hydrogens is 242 g/mol. The number of amides is 1. The van der Waals surface area contributed by atoms with E-state index in [1.807, 2.05) is 29.2 Å². The van der Waals surface area contributed by atoms with Crippen LogP contribution in [0.4, 0.5) is 5.69 Å². The van der Waals surface area contributed by atoms with E-state index in [1.54, 1.807) is 0 Å². The molecule has 1 atom stereocenters. The van der Waals surface area contributed by atoms with E-state index in [9.17, 15) is 4.79 Å². The molecule has 0 spiro atoms. The van der Waals surface area contributed by atoms with Crippen molar-refractivity contribution in [3.63, 3.8) is 0 Å². The van der Waals surface area contributed by atoms with Gasteiger partial charge >= 0.3 is 0 Å². The van der Waals surface area contributed by atoms with Gasteiger partial charge in [0.25, 0.3) is 5.91 Å². The SMILES string of the molecule is O=C1c2ccccc2NC(=NCCO)C2CCCN12. The van der Waals surface area contributed by atoms with Crippen LogP contribution >= 0.6 is 0 Å². The highest BCUT2D eigenvalue weighted by molar-refractivity contribution is 6.11. The molecule has 0 radical (unpaired) electrons. The lowest BCUT2D eigenvalue weighted by Gasteiger charge is -2.22. The van der Waals surface area contributed by atoms with Gasteiger partial charge in [0, 0.05) is 6.54 Å². The summed E-state index contributed by atoms with van der Waals surface area (Å²) in [4.78, 5) is 18.8. The molecular formula is C14H17N3O2. The topological polar surface area (TPSA) is 64.9 Å². The van der Waals surface area contributed by atoms with Crippen molar-refractivity contribution in [2.24, 2.45) is 4.99 Å². The summed E-state index contributed by atoms with van der Waals surface area (Å²) in [5.74, 6) is 0.865. The molecule has 2 aliphatic rings. The third kappa shape index (κ3) is 2.10. The average molecular weight is 259 g/mol. The lowest BCUT2D eigenvalue weighted by atomic mass is 10.1. The maximum Gasteiger partial charge on any atom is 0.256 e. The molecule has 0 saturated carbocycles. The van der Waals surface area contributed by atoms with Gasteiger partial charge in [0.15, 0.2) is 0 Å². The number of carbonyl (C=O) groups is 1. The summed E-state index contributed by atoms with van der Waals surface area (Å²) in [6, 6.07) is 7.53. The van der Waals surface area contributed by atoms with E-state index in [4.69, 9.17) is 5.11 Å². The van der Waals surface area contributed by atoms with Crippen molar-refractivity contribution in [1.82, 2.24) is 4.90 Å². The highest BCUT2D eigenvalue weighted by Crippen LogP contribution is 2.28. The van der Waals surface area contributed by atoms with Gasteiger partial charge in [0.1, 0.15) is 5.84 Å². The quantitative estimate of drug-likeness (QED) is 0.836. The van der Waals surface area contributed by atoms with Gasteiger partial charge < -0.3 is 15.3 Å². The molecule has 1 amide bonds. The predicted molar refractivity (Wildman–Crippen MR) is 73.5 cm³/mol. The number of aliphatic hydroxyl groups excluding tert-OH is 1. The van der Waals surface area contributed by atoms with Crippen LogP contribution in [0.15, 0.2) is 29.3 Å². The van der Waals surface area contributed by atoms with Crippen LogP contribution in [0.1, 0.15) is 23.2 Å². The molecule has 100 valence electrons. The zero-order valence-corrected chi connectivity index (χ0v) is 10.7. The summed E-state index contributed by atoms with van der Waals surface area (Å²) in [7, 11) is 0. The van der Waals surface area contributed by atoms with Crippen molar-refractivity contribution < 1.29 is 9.90 Å². The maximum atomic E-state index is 12.5. The fourth-order valence-electron chi connectivity index (χ4n) is 2.76. The number of para-hydroxylation sites is 1. The number of fused-ring (bicyclic) bond motifs is 2. The number of anilines is 1. The highest BCUT2D eigenvalue weighted by atomic mass is 16.3. The summed E-state index contributed by atoms with van der Waals surface area (Å²) in [6.45, 7) is 1.16. The highest BCUT2D eigenvalue weighted by Gasteiger charge is 2.36. The lowest BCUT2D eigenvalue weighted by Crippen LogP contribution is -2.40. The minimum atomic E-state index is 0.0199. The monoisotopic (exact) mass is 259 g/mol. The van der Waals surface area contributed by atoms with Crippen molar-refractivity contribution in [3.05, 3.63) is 29.8 Å². The van der Waals surface area contributed by atoms with E-state index in [-0.39, 0.29) is 18.6 Å². The van der Waals surface area contributed by atoms with Crippen molar-refractivity contribution in [2.45, 2.75) is 18.9 Å². The molecule has 1 aromatic rings. The Morgan fingerprint density at radius 2 is 2.26 bits per heavy atom. The molecule has 2 N–H and O–H groups in total. The Labute approximate surface area is 112 Å². The summed E-state index contributed by atoms with van der Waals surface area (Å²) in [5, 5.41) is 12.2. The second-order valence-electron chi connectivity index (χ2n) is 4.82. The van der Waals surface area contributed by atoms with Crippen molar-refractivity contribution >= 4 is 17.4 Å². The number of nitrogens with zero attached hydrogens (tertiary/aromatic N) is 2. The average Bonchev–Trinajstić information content (AvgIpc) is 2.88. The van der Waals surface area contributed by atoms with Gasteiger partial charge in [0.05, 0.1) is 30.4 Å². The zero-order valence-electron chi connectivity index (χ0n) is 10.7. The van der Waals surface area contributed by atoms with Crippen molar-refractivity contribution in [2.75, 3.05) is 25.0 Å². The number of benzene rings is 1. The number of hydrogen-bond acceptors (Lipinski definition) is 3. The van der Waals surface area contributed by atoms with Crippen LogP contribution in [0, 0.1) is 0 Å². The fourth-order valence-corrected chi connectivity index (χ4v) is 2.76. The van der Waals surface area contributed by atoms with Crippen LogP contribution in [0.3, 0.4) is 0 Å². The first-order valence-electron chi connectivity index (χ1n) is 6.63. The van der Waals surface area contributed by atoms with Crippen LogP contribution in [-0.2, 0) is 0 Å². The minimum absolute atomic E-state index is 0.0199. The summed E-state index contributed by atoms with van der Waals surface area (Å²) in [5.41, 5.74) is 1.50. The minimum Gasteiger partial charge on any atom is -0.394 e. The first-order chi connectivity index (χ1) is 9.31. The molecule has 3 rings (SSSR count). The number of nitrogens with one attached hydrogen (secondary N) is 1. The molecule has 1 saturated heterocycles. The van der Waals surface area contributed by atoms with Crippen molar-refractivity contribution in [1.29, 1.82) is 0 Å². The molecule has 0 aliphatic carbocycles. The zero-order chi connectivity index (χ0) is 13.2. The van der Waals surface area contributed by atoms with Gasteiger partial charge in [-0.3, -0.25) is 9.79 Å². The van der Waals surface area contributed by atoms with Gasteiger partial charge in [-0.05, 0) is 25.0 Å². The Bertz CT molecular complexity index is 527. The maximum absolute atomic E-state index is 12.5. The Morgan fingerprint density at radius 3 is 3.11 bits per heavy atom. The molecule has 1 fully saturated rings. The molecule has 2 heterocycles. The number of hydrogen-bond donors (Lipinski definition) is 2. The largest absolute Gasteiger partial charge is 0.394 e. The molecule has 1 aromatic carbocycles. The molecule has 19 heavy (non-hydrogen) atoms. The van der Waals surface area contributed by atoms with Gasteiger partial charge in [-0.25, -0.2) is 0 Å². The predicted octanol–water partition coefficient (Wildman–Crippen LogP) is 1.11. The van der Waals surface area contributed by atoms with Crippen LogP contribution in [0.2, 0.25) is 0 Å².